The van der Waals surface area contributed by atoms with Gasteiger partial charge in [0.05, 0.1) is 18.9 Å². The van der Waals surface area contributed by atoms with Crippen LogP contribution < -0.4 is 5.32 Å². The minimum atomic E-state index is -0.0125. The molecule has 0 spiro atoms. The Bertz CT molecular complexity index is 1250. The maximum atomic E-state index is 13.2. The van der Waals surface area contributed by atoms with E-state index in [2.05, 4.69) is 20.3 Å². The molecule has 6 rings (SSSR count). The molecule has 3 aliphatic rings. The van der Waals surface area contributed by atoms with Gasteiger partial charge in [0.25, 0.3) is 5.91 Å². The third kappa shape index (κ3) is 5.52. The quantitative estimate of drug-likeness (QED) is 0.533. The minimum absolute atomic E-state index is 0.0125. The van der Waals surface area contributed by atoms with E-state index in [0.29, 0.717) is 23.1 Å². The molecule has 0 unspecified atom stereocenters. The zero-order chi connectivity index (χ0) is 25.2. The monoisotopic (exact) mass is 502 g/mol. The van der Waals surface area contributed by atoms with Crippen LogP contribution in [0.15, 0.2) is 42.5 Å². The molecular formula is C28H34N6O3. The van der Waals surface area contributed by atoms with E-state index in [0.717, 1.165) is 82.9 Å². The van der Waals surface area contributed by atoms with Gasteiger partial charge in [0, 0.05) is 43.2 Å². The molecule has 2 saturated heterocycles. The molecule has 2 amide bonds. The predicted molar refractivity (Wildman–Crippen MR) is 140 cm³/mol. The van der Waals surface area contributed by atoms with Crippen LogP contribution in [0.4, 0.5) is 5.95 Å². The molecule has 3 aromatic rings. The zero-order valence-corrected chi connectivity index (χ0v) is 21.1. The number of piperidine rings is 1. The van der Waals surface area contributed by atoms with Crippen molar-refractivity contribution in [3.8, 4) is 11.3 Å². The summed E-state index contributed by atoms with van der Waals surface area (Å²) in [6.07, 6.45) is 5.21. The Morgan fingerprint density at radius 3 is 2.43 bits per heavy atom. The molecule has 2 aliphatic heterocycles. The highest BCUT2D eigenvalue weighted by atomic mass is 16.5. The number of pyridine rings is 1. The number of hydrogen-bond acceptors (Lipinski definition) is 6. The van der Waals surface area contributed by atoms with Crippen molar-refractivity contribution in [3.63, 3.8) is 0 Å². The van der Waals surface area contributed by atoms with Gasteiger partial charge in [-0.2, -0.15) is 4.98 Å². The third-order valence-electron chi connectivity index (χ3n) is 7.83. The molecule has 194 valence electrons. The Kier molecular flexibility index (Phi) is 6.89. The van der Waals surface area contributed by atoms with Crippen molar-refractivity contribution in [3.05, 3.63) is 48.0 Å². The lowest BCUT2D eigenvalue weighted by Gasteiger charge is -2.34. The lowest BCUT2D eigenvalue weighted by Crippen LogP contribution is -2.40. The van der Waals surface area contributed by atoms with E-state index in [1.807, 2.05) is 47.4 Å². The summed E-state index contributed by atoms with van der Waals surface area (Å²) in [5.41, 5.74) is 3.17. The van der Waals surface area contributed by atoms with Gasteiger partial charge in [-0.05, 0) is 68.8 Å². The molecule has 9 nitrogen and oxygen atoms in total. The summed E-state index contributed by atoms with van der Waals surface area (Å²) in [6, 6.07) is 13.5. The van der Waals surface area contributed by atoms with Crippen molar-refractivity contribution in [2.75, 3.05) is 51.3 Å². The molecule has 2 aromatic heterocycles. The molecule has 1 aromatic carbocycles. The summed E-state index contributed by atoms with van der Waals surface area (Å²) < 4.78 is 7.18. The van der Waals surface area contributed by atoms with E-state index >= 15 is 0 Å². The first-order chi connectivity index (χ1) is 18.1. The van der Waals surface area contributed by atoms with Crippen LogP contribution in [0.25, 0.3) is 16.9 Å². The van der Waals surface area contributed by atoms with Gasteiger partial charge in [-0.3, -0.25) is 19.8 Å². The highest BCUT2D eigenvalue weighted by molar-refractivity contribution is 5.95. The zero-order valence-electron chi connectivity index (χ0n) is 21.1. The Morgan fingerprint density at radius 1 is 0.946 bits per heavy atom. The van der Waals surface area contributed by atoms with Crippen molar-refractivity contribution in [2.45, 2.75) is 32.1 Å². The number of amides is 2. The number of morpholine rings is 1. The molecule has 9 heteroatoms. The highest BCUT2D eigenvalue weighted by Gasteiger charge is 2.30. The van der Waals surface area contributed by atoms with Gasteiger partial charge in [-0.15, -0.1) is 5.10 Å². The number of hydrogen-bond donors (Lipinski definition) is 1. The number of aromatic nitrogens is 3. The molecule has 1 N–H and O–H groups in total. The van der Waals surface area contributed by atoms with Gasteiger partial charge in [0.2, 0.25) is 11.9 Å². The number of likely N-dealkylation sites (tertiary alicyclic amines) is 1. The summed E-state index contributed by atoms with van der Waals surface area (Å²) in [5.74, 6) is 1.20. The Hall–Kier alpha value is -3.30. The molecule has 0 bridgehead atoms. The van der Waals surface area contributed by atoms with E-state index in [9.17, 15) is 9.59 Å². The lowest BCUT2D eigenvalue weighted by atomic mass is 9.93. The molecule has 4 heterocycles. The van der Waals surface area contributed by atoms with Crippen LogP contribution >= 0.6 is 0 Å². The van der Waals surface area contributed by atoms with Crippen molar-refractivity contribution in [2.24, 2.45) is 11.8 Å². The van der Waals surface area contributed by atoms with Crippen LogP contribution in [0.2, 0.25) is 0 Å². The number of anilines is 1. The average Bonchev–Trinajstić information content (AvgIpc) is 3.72. The summed E-state index contributed by atoms with van der Waals surface area (Å²) in [6.45, 7) is 6.55. The van der Waals surface area contributed by atoms with Crippen molar-refractivity contribution in [1.29, 1.82) is 0 Å². The SMILES string of the molecule is O=C(Nc1nc2cccc(-c3ccc(C(=O)N4CCC(CCN5CCOCC5)CC4)cc3)n2n1)C1CC1. The van der Waals surface area contributed by atoms with E-state index in [-0.39, 0.29) is 17.7 Å². The molecule has 1 aliphatic carbocycles. The van der Waals surface area contributed by atoms with Crippen LogP contribution in [-0.2, 0) is 9.53 Å². The number of fused-ring (bicyclic) bond motifs is 1. The molecule has 3 fully saturated rings. The van der Waals surface area contributed by atoms with Crippen molar-refractivity contribution in [1.82, 2.24) is 24.4 Å². The third-order valence-corrected chi connectivity index (χ3v) is 7.83. The van der Waals surface area contributed by atoms with Crippen LogP contribution in [0.5, 0.6) is 0 Å². The van der Waals surface area contributed by atoms with Crippen molar-refractivity contribution < 1.29 is 14.3 Å². The van der Waals surface area contributed by atoms with Gasteiger partial charge in [-0.25, -0.2) is 4.52 Å². The fourth-order valence-corrected chi connectivity index (χ4v) is 5.32. The second kappa shape index (κ2) is 10.6. The summed E-state index contributed by atoms with van der Waals surface area (Å²) in [5, 5.41) is 7.33. The standard InChI is InChI=1S/C28H34N6O3/c35-26(22-6-7-22)30-28-29-25-3-1-2-24(34(25)31-28)21-4-8-23(9-5-21)27(36)33-14-11-20(12-15-33)10-13-32-16-18-37-19-17-32/h1-5,8-9,20,22H,6-7,10-19H2,(H,30,31,35). The first-order valence-electron chi connectivity index (χ1n) is 13.5. The Balaban J connectivity index is 1.07. The molecular weight excluding hydrogens is 468 g/mol. The van der Waals surface area contributed by atoms with Crippen LogP contribution in [0.1, 0.15) is 42.5 Å². The van der Waals surface area contributed by atoms with Crippen LogP contribution in [0, 0.1) is 11.8 Å². The summed E-state index contributed by atoms with van der Waals surface area (Å²) in [7, 11) is 0. The number of carbonyl (C=O) groups is 2. The fourth-order valence-electron chi connectivity index (χ4n) is 5.32. The maximum absolute atomic E-state index is 13.2. The number of nitrogens with one attached hydrogen (secondary N) is 1. The topological polar surface area (TPSA) is 92.1 Å². The Labute approximate surface area is 216 Å². The number of carbonyl (C=O) groups excluding carboxylic acids is 2. The first kappa shape index (κ1) is 24.1. The van der Waals surface area contributed by atoms with Crippen LogP contribution in [0.3, 0.4) is 0 Å². The molecule has 1 saturated carbocycles. The normalized spacial score (nSPS) is 19.3. The summed E-state index contributed by atoms with van der Waals surface area (Å²) in [4.78, 5) is 34.2. The number of ether oxygens (including phenoxy) is 1. The second-order valence-corrected chi connectivity index (χ2v) is 10.4. The molecule has 0 radical (unpaired) electrons. The minimum Gasteiger partial charge on any atom is -0.379 e. The smallest absolute Gasteiger partial charge is 0.253 e. The van der Waals surface area contributed by atoms with Gasteiger partial charge >= 0.3 is 0 Å². The highest BCUT2D eigenvalue weighted by Crippen LogP contribution is 2.30. The van der Waals surface area contributed by atoms with E-state index < -0.39 is 0 Å². The maximum Gasteiger partial charge on any atom is 0.253 e. The van der Waals surface area contributed by atoms with E-state index in [1.54, 1.807) is 4.52 Å². The number of rotatable bonds is 7. The number of nitrogens with zero attached hydrogens (tertiary/aromatic N) is 5. The average molecular weight is 503 g/mol. The van der Waals surface area contributed by atoms with Gasteiger partial charge in [0.15, 0.2) is 5.65 Å². The van der Waals surface area contributed by atoms with E-state index in [4.69, 9.17) is 4.74 Å². The van der Waals surface area contributed by atoms with E-state index in [1.165, 1.54) is 6.42 Å². The Morgan fingerprint density at radius 2 is 1.70 bits per heavy atom. The molecule has 0 atom stereocenters. The van der Waals surface area contributed by atoms with Crippen molar-refractivity contribution >= 4 is 23.4 Å². The first-order valence-corrected chi connectivity index (χ1v) is 13.5. The predicted octanol–water partition coefficient (Wildman–Crippen LogP) is 3.32. The lowest BCUT2D eigenvalue weighted by molar-refractivity contribution is -0.117. The molecule has 37 heavy (non-hydrogen) atoms. The van der Waals surface area contributed by atoms with Gasteiger partial charge < -0.3 is 9.64 Å². The fraction of sp³-hybridized carbons (Fsp3) is 0.500. The number of benzene rings is 1. The van der Waals surface area contributed by atoms with Gasteiger partial charge in [-0.1, -0.05) is 18.2 Å². The second-order valence-electron chi connectivity index (χ2n) is 10.4. The largest absolute Gasteiger partial charge is 0.379 e. The van der Waals surface area contributed by atoms with Crippen LogP contribution in [-0.4, -0.2) is 82.1 Å². The summed E-state index contributed by atoms with van der Waals surface area (Å²) >= 11 is 0. The van der Waals surface area contributed by atoms with Gasteiger partial charge in [0.1, 0.15) is 0 Å².